The summed E-state index contributed by atoms with van der Waals surface area (Å²) in [6.45, 7) is 1.84. The van der Waals surface area contributed by atoms with Crippen molar-refractivity contribution in [3.63, 3.8) is 0 Å². The number of ether oxygens (including phenoxy) is 1. The van der Waals surface area contributed by atoms with Gasteiger partial charge < -0.3 is 10.1 Å². The number of alkyl halides is 6. The molecule has 1 aliphatic carbocycles. The van der Waals surface area contributed by atoms with Crippen molar-refractivity contribution < 1.29 is 31.1 Å². The van der Waals surface area contributed by atoms with Crippen LogP contribution in [0.4, 0.5) is 26.3 Å². The van der Waals surface area contributed by atoms with Crippen LogP contribution in [0.25, 0.3) is 0 Å². The van der Waals surface area contributed by atoms with E-state index in [1.807, 2.05) is 6.92 Å². The standard InChI is InChI=1S/C11H17F6NO/c1-2-5-18-8(7-3-4-7)6-19-9(10(12,13)14)11(15,16)17/h7-9,18H,2-6H2,1H3. The molecule has 114 valence electrons. The Balaban J connectivity index is 2.54. The van der Waals surface area contributed by atoms with Crippen molar-refractivity contribution in [2.45, 2.75) is 50.7 Å². The molecule has 0 spiro atoms. The number of nitrogens with one attached hydrogen (secondary N) is 1. The van der Waals surface area contributed by atoms with E-state index in [0.29, 0.717) is 6.54 Å². The average molecular weight is 293 g/mol. The van der Waals surface area contributed by atoms with Gasteiger partial charge in [0, 0.05) is 6.04 Å². The van der Waals surface area contributed by atoms with Gasteiger partial charge in [-0.2, -0.15) is 26.3 Å². The summed E-state index contributed by atoms with van der Waals surface area (Å²) in [4.78, 5) is 0. The first-order chi connectivity index (χ1) is 8.66. The van der Waals surface area contributed by atoms with Crippen molar-refractivity contribution >= 4 is 0 Å². The minimum Gasteiger partial charge on any atom is -0.359 e. The van der Waals surface area contributed by atoms with Gasteiger partial charge in [0.25, 0.3) is 0 Å². The zero-order valence-corrected chi connectivity index (χ0v) is 10.4. The monoisotopic (exact) mass is 293 g/mol. The van der Waals surface area contributed by atoms with E-state index in [1.54, 1.807) is 0 Å². The second-order valence-electron chi connectivity index (χ2n) is 4.69. The third kappa shape index (κ3) is 5.56. The Morgan fingerprint density at radius 3 is 2.00 bits per heavy atom. The molecular formula is C11H17F6NO. The molecule has 1 fully saturated rings. The van der Waals surface area contributed by atoms with E-state index >= 15 is 0 Å². The van der Waals surface area contributed by atoms with E-state index in [-0.39, 0.29) is 5.92 Å². The van der Waals surface area contributed by atoms with Crippen molar-refractivity contribution in [3.05, 3.63) is 0 Å². The van der Waals surface area contributed by atoms with Gasteiger partial charge in [-0.05, 0) is 31.7 Å². The Bertz CT molecular complexity index is 259. The summed E-state index contributed by atoms with van der Waals surface area (Å²) < 4.78 is 77.7. The maximum Gasteiger partial charge on any atom is 0.423 e. The van der Waals surface area contributed by atoms with Crippen LogP contribution in [0.5, 0.6) is 0 Å². The van der Waals surface area contributed by atoms with Crippen molar-refractivity contribution in [1.82, 2.24) is 5.32 Å². The Hall–Kier alpha value is -0.500. The second kappa shape index (κ2) is 6.30. The second-order valence-corrected chi connectivity index (χ2v) is 4.69. The molecule has 1 atom stereocenters. The quantitative estimate of drug-likeness (QED) is 0.727. The normalized spacial score (nSPS) is 18.9. The van der Waals surface area contributed by atoms with E-state index in [4.69, 9.17) is 0 Å². The number of hydrogen-bond acceptors (Lipinski definition) is 2. The van der Waals surface area contributed by atoms with Crippen LogP contribution in [0.3, 0.4) is 0 Å². The third-order valence-electron chi connectivity index (χ3n) is 2.88. The first-order valence-corrected chi connectivity index (χ1v) is 6.14. The number of hydrogen-bond donors (Lipinski definition) is 1. The molecule has 0 heterocycles. The molecule has 8 heteroatoms. The van der Waals surface area contributed by atoms with E-state index < -0.39 is 31.1 Å². The largest absolute Gasteiger partial charge is 0.423 e. The average Bonchev–Trinajstić information content (AvgIpc) is 3.02. The van der Waals surface area contributed by atoms with Gasteiger partial charge in [-0.25, -0.2) is 0 Å². The van der Waals surface area contributed by atoms with Crippen LogP contribution in [-0.4, -0.2) is 37.7 Å². The predicted octanol–water partition coefficient (Wildman–Crippen LogP) is 3.27. The summed E-state index contributed by atoms with van der Waals surface area (Å²) in [6, 6.07) is -0.438. The van der Waals surface area contributed by atoms with Crippen molar-refractivity contribution in [1.29, 1.82) is 0 Å². The first-order valence-electron chi connectivity index (χ1n) is 6.14. The van der Waals surface area contributed by atoms with Gasteiger partial charge in [-0.15, -0.1) is 0 Å². The van der Waals surface area contributed by atoms with E-state index in [0.717, 1.165) is 19.3 Å². The van der Waals surface area contributed by atoms with Crippen molar-refractivity contribution in [3.8, 4) is 0 Å². The first kappa shape index (κ1) is 16.6. The Morgan fingerprint density at radius 2 is 1.63 bits per heavy atom. The van der Waals surface area contributed by atoms with Crippen LogP contribution in [0.15, 0.2) is 0 Å². The third-order valence-corrected chi connectivity index (χ3v) is 2.88. The molecule has 0 radical (unpaired) electrons. The fourth-order valence-electron chi connectivity index (χ4n) is 1.76. The molecule has 19 heavy (non-hydrogen) atoms. The highest BCUT2D eigenvalue weighted by Crippen LogP contribution is 2.37. The number of halogens is 6. The predicted molar refractivity (Wildman–Crippen MR) is 56.7 cm³/mol. The molecule has 0 aromatic carbocycles. The zero-order valence-electron chi connectivity index (χ0n) is 10.4. The molecule has 0 amide bonds. The summed E-state index contributed by atoms with van der Waals surface area (Å²) in [5.74, 6) is 0.119. The van der Waals surface area contributed by atoms with Crippen LogP contribution in [0.1, 0.15) is 26.2 Å². The lowest BCUT2D eigenvalue weighted by Crippen LogP contribution is -2.47. The molecule has 1 aliphatic rings. The summed E-state index contributed by atoms with van der Waals surface area (Å²) in [5.41, 5.74) is 0. The molecule has 1 saturated carbocycles. The van der Waals surface area contributed by atoms with E-state index in [9.17, 15) is 26.3 Å². The Labute approximate surface area is 107 Å². The molecule has 0 aromatic heterocycles. The maximum absolute atomic E-state index is 12.3. The highest BCUT2D eigenvalue weighted by atomic mass is 19.4. The minimum absolute atomic E-state index is 0.119. The minimum atomic E-state index is -5.43. The molecular weight excluding hydrogens is 276 g/mol. The zero-order chi connectivity index (χ0) is 14.7. The van der Waals surface area contributed by atoms with E-state index in [1.165, 1.54) is 0 Å². The highest BCUT2D eigenvalue weighted by molar-refractivity contribution is 4.87. The van der Waals surface area contributed by atoms with Crippen molar-refractivity contribution in [2.75, 3.05) is 13.2 Å². The van der Waals surface area contributed by atoms with Gasteiger partial charge in [-0.3, -0.25) is 0 Å². The molecule has 0 bridgehead atoms. The van der Waals surface area contributed by atoms with Gasteiger partial charge >= 0.3 is 12.4 Å². The lowest BCUT2D eigenvalue weighted by Gasteiger charge is -2.26. The van der Waals surface area contributed by atoms with E-state index in [2.05, 4.69) is 10.1 Å². The van der Waals surface area contributed by atoms with Crippen LogP contribution >= 0.6 is 0 Å². The lowest BCUT2D eigenvalue weighted by molar-refractivity contribution is -0.322. The van der Waals surface area contributed by atoms with Crippen LogP contribution in [0.2, 0.25) is 0 Å². The van der Waals surface area contributed by atoms with Crippen LogP contribution < -0.4 is 5.32 Å². The summed E-state index contributed by atoms with van der Waals surface area (Å²) in [6.07, 6.45) is -12.2. The highest BCUT2D eigenvalue weighted by Gasteiger charge is 2.58. The van der Waals surface area contributed by atoms with Crippen molar-refractivity contribution in [2.24, 2.45) is 5.92 Å². The Kier molecular flexibility index (Phi) is 5.49. The molecule has 1 rings (SSSR count). The fourth-order valence-corrected chi connectivity index (χ4v) is 1.76. The Morgan fingerprint density at radius 1 is 1.11 bits per heavy atom. The van der Waals surface area contributed by atoms with Gasteiger partial charge in [0.1, 0.15) is 0 Å². The molecule has 1 N–H and O–H groups in total. The summed E-state index contributed by atoms with van der Waals surface area (Å²) >= 11 is 0. The topological polar surface area (TPSA) is 21.3 Å². The fraction of sp³-hybridized carbons (Fsp3) is 1.00. The summed E-state index contributed by atoms with van der Waals surface area (Å²) in [5, 5.41) is 2.93. The molecule has 1 unspecified atom stereocenters. The van der Waals surface area contributed by atoms with Gasteiger partial charge in [0.15, 0.2) is 0 Å². The molecule has 0 aliphatic heterocycles. The molecule has 0 saturated heterocycles. The van der Waals surface area contributed by atoms with Crippen LogP contribution in [-0.2, 0) is 4.74 Å². The smallest absolute Gasteiger partial charge is 0.359 e. The SMILES string of the molecule is CCCNC(COC(C(F)(F)F)C(F)(F)F)C1CC1. The maximum atomic E-state index is 12.3. The van der Waals surface area contributed by atoms with Gasteiger partial charge in [0.05, 0.1) is 6.61 Å². The van der Waals surface area contributed by atoms with Gasteiger partial charge in [0.2, 0.25) is 6.10 Å². The van der Waals surface area contributed by atoms with Gasteiger partial charge in [-0.1, -0.05) is 6.92 Å². The lowest BCUT2D eigenvalue weighted by atomic mass is 10.2. The number of rotatable bonds is 7. The van der Waals surface area contributed by atoms with Crippen LogP contribution in [0, 0.1) is 5.92 Å². The molecule has 2 nitrogen and oxygen atoms in total. The molecule has 0 aromatic rings. The summed E-state index contributed by atoms with van der Waals surface area (Å²) in [7, 11) is 0.